The molecule has 1 amide bonds. The molecule has 10 heteroatoms. The summed E-state index contributed by atoms with van der Waals surface area (Å²) in [6, 6.07) is -0.983. The van der Waals surface area contributed by atoms with Crippen molar-refractivity contribution in [2.24, 2.45) is 0 Å². The molecule has 1 saturated heterocycles. The van der Waals surface area contributed by atoms with Gasteiger partial charge in [-0.25, -0.2) is 0 Å². The molecule has 0 saturated carbocycles. The van der Waals surface area contributed by atoms with E-state index in [1.165, 1.54) is 122 Å². The van der Waals surface area contributed by atoms with Crippen LogP contribution in [0.5, 0.6) is 0 Å². The van der Waals surface area contributed by atoms with Crippen LogP contribution in [0.2, 0.25) is 0 Å². The molecule has 304 valence electrons. The summed E-state index contributed by atoms with van der Waals surface area (Å²) >= 11 is 0. The van der Waals surface area contributed by atoms with Crippen molar-refractivity contribution in [3.8, 4) is 0 Å². The zero-order valence-corrected chi connectivity index (χ0v) is 32.7. The molecule has 7 N–H and O–H groups in total. The Balaban J connectivity index is 2.44. The molecule has 0 spiro atoms. The number of aliphatic hydroxyl groups excluding tert-OH is 6. The van der Waals surface area contributed by atoms with Gasteiger partial charge in [0.25, 0.3) is 0 Å². The lowest BCUT2D eigenvalue weighted by molar-refractivity contribution is -0.303. The lowest BCUT2D eigenvalue weighted by Crippen LogP contribution is -2.60. The Morgan fingerprint density at radius 2 is 1.02 bits per heavy atom. The zero-order chi connectivity index (χ0) is 37.5. The summed E-state index contributed by atoms with van der Waals surface area (Å²) in [4.78, 5) is 12.9. The summed E-state index contributed by atoms with van der Waals surface area (Å²) in [6.07, 6.45) is 22.5. The molecule has 1 fully saturated rings. The summed E-state index contributed by atoms with van der Waals surface area (Å²) in [5, 5.41) is 64.9. The number of unbranched alkanes of at least 4 members (excludes halogenated alkanes) is 24. The summed E-state index contributed by atoms with van der Waals surface area (Å²) in [7, 11) is 0. The van der Waals surface area contributed by atoms with Crippen LogP contribution < -0.4 is 5.32 Å². The van der Waals surface area contributed by atoms with Crippen molar-refractivity contribution in [2.45, 2.75) is 243 Å². The highest BCUT2D eigenvalue weighted by molar-refractivity contribution is 5.76. The van der Waals surface area contributed by atoms with Crippen molar-refractivity contribution in [3.63, 3.8) is 0 Å². The van der Waals surface area contributed by atoms with Gasteiger partial charge in [-0.05, 0) is 12.8 Å². The maximum atomic E-state index is 12.9. The molecular formula is C41H81NO9. The van der Waals surface area contributed by atoms with E-state index in [0.717, 1.165) is 44.9 Å². The highest BCUT2D eigenvalue weighted by Crippen LogP contribution is 2.23. The number of carbonyl (C=O) groups is 1. The molecule has 1 heterocycles. The number of aliphatic hydroxyl groups is 6. The molecule has 1 aliphatic heterocycles. The fourth-order valence-electron chi connectivity index (χ4n) is 7.02. The Kier molecular flexibility index (Phi) is 30.8. The summed E-state index contributed by atoms with van der Waals surface area (Å²) in [5.74, 6) is -0.257. The van der Waals surface area contributed by atoms with E-state index in [9.17, 15) is 35.4 Å². The first kappa shape index (κ1) is 48.2. The molecule has 0 aromatic rings. The highest BCUT2D eigenvalue weighted by atomic mass is 16.7. The molecule has 0 aromatic carbocycles. The molecule has 10 nitrogen and oxygen atoms in total. The Morgan fingerprint density at radius 3 is 1.45 bits per heavy atom. The Bertz CT molecular complexity index is 788. The van der Waals surface area contributed by atoms with Crippen LogP contribution in [-0.4, -0.2) is 98.7 Å². The number of carbonyl (C=O) groups excluding carboxylic acids is 1. The smallest absolute Gasteiger partial charge is 0.220 e. The van der Waals surface area contributed by atoms with Crippen molar-refractivity contribution < 1.29 is 44.9 Å². The van der Waals surface area contributed by atoms with E-state index in [1.807, 2.05) is 0 Å². The van der Waals surface area contributed by atoms with E-state index in [-0.39, 0.29) is 18.9 Å². The van der Waals surface area contributed by atoms with Gasteiger partial charge in [-0.2, -0.15) is 0 Å². The standard InChI is InChI=1S/C41H81NO9/c1-3-5-7-9-11-13-15-17-18-20-22-24-26-28-30-36(45)42-33(32-50-41-40(49)39(48)38(47)35(31-43)51-41)37(46)34(44)29-27-25-23-21-19-16-14-12-10-8-6-4-2/h33-35,37-41,43-44,46-49H,3-32H2,1-2H3,(H,42,45)/t33?,34?,35-,37?,38-,39+,40-,41-/m1/s1. The number of ether oxygens (including phenoxy) is 2. The van der Waals surface area contributed by atoms with Gasteiger partial charge in [-0.3, -0.25) is 4.79 Å². The van der Waals surface area contributed by atoms with Crippen molar-refractivity contribution in [3.05, 3.63) is 0 Å². The molecule has 1 rings (SSSR count). The second-order valence-electron chi connectivity index (χ2n) is 15.3. The molecule has 0 bridgehead atoms. The van der Waals surface area contributed by atoms with E-state index in [4.69, 9.17) is 9.47 Å². The summed E-state index contributed by atoms with van der Waals surface area (Å²) in [5.41, 5.74) is 0. The second-order valence-corrected chi connectivity index (χ2v) is 15.3. The van der Waals surface area contributed by atoms with Crippen LogP contribution in [0.3, 0.4) is 0 Å². The minimum Gasteiger partial charge on any atom is -0.394 e. The van der Waals surface area contributed by atoms with Gasteiger partial charge in [0.2, 0.25) is 5.91 Å². The SMILES string of the molecule is CCCCCCCCCCCCCCCCC(=O)NC(CO[C@@H]1O[C@H](CO)[C@@H](O)[C@H](O)[C@H]1O)C(O)C(O)CCCCCCCCCCCCCC. The van der Waals surface area contributed by atoms with Crippen LogP contribution in [0.1, 0.15) is 194 Å². The predicted molar refractivity (Wildman–Crippen MR) is 204 cm³/mol. The Labute approximate surface area is 311 Å². The monoisotopic (exact) mass is 732 g/mol. The second kappa shape index (κ2) is 32.6. The van der Waals surface area contributed by atoms with Gasteiger partial charge < -0.3 is 45.4 Å². The molecule has 3 unspecified atom stereocenters. The first-order valence-electron chi connectivity index (χ1n) is 21.3. The van der Waals surface area contributed by atoms with Crippen molar-refractivity contribution in [2.75, 3.05) is 13.2 Å². The third-order valence-electron chi connectivity index (χ3n) is 10.6. The van der Waals surface area contributed by atoms with E-state index < -0.39 is 55.6 Å². The van der Waals surface area contributed by atoms with Crippen LogP contribution in [-0.2, 0) is 14.3 Å². The van der Waals surface area contributed by atoms with Crippen molar-refractivity contribution >= 4 is 5.91 Å². The van der Waals surface area contributed by atoms with Gasteiger partial charge in [0.1, 0.15) is 30.5 Å². The number of nitrogens with one attached hydrogen (secondary N) is 1. The van der Waals surface area contributed by atoms with Crippen LogP contribution in [0, 0.1) is 0 Å². The number of hydrogen-bond donors (Lipinski definition) is 7. The average Bonchev–Trinajstić information content (AvgIpc) is 3.13. The van der Waals surface area contributed by atoms with E-state index in [0.29, 0.717) is 6.42 Å². The van der Waals surface area contributed by atoms with Gasteiger partial charge in [-0.15, -0.1) is 0 Å². The maximum absolute atomic E-state index is 12.9. The van der Waals surface area contributed by atoms with Crippen LogP contribution in [0.4, 0.5) is 0 Å². The first-order chi connectivity index (χ1) is 24.8. The predicted octanol–water partition coefficient (Wildman–Crippen LogP) is 6.97. The summed E-state index contributed by atoms with van der Waals surface area (Å²) < 4.78 is 11.1. The molecule has 0 aliphatic carbocycles. The van der Waals surface area contributed by atoms with E-state index >= 15 is 0 Å². The largest absolute Gasteiger partial charge is 0.394 e. The fraction of sp³-hybridized carbons (Fsp3) is 0.976. The van der Waals surface area contributed by atoms with Gasteiger partial charge in [-0.1, -0.05) is 174 Å². The molecule has 8 atom stereocenters. The molecule has 0 radical (unpaired) electrons. The van der Waals surface area contributed by atoms with Crippen LogP contribution >= 0.6 is 0 Å². The zero-order valence-electron chi connectivity index (χ0n) is 32.7. The van der Waals surface area contributed by atoms with Crippen LogP contribution in [0.25, 0.3) is 0 Å². The van der Waals surface area contributed by atoms with Gasteiger partial charge in [0.05, 0.1) is 25.4 Å². The van der Waals surface area contributed by atoms with Gasteiger partial charge >= 0.3 is 0 Å². The fourth-order valence-corrected chi connectivity index (χ4v) is 7.02. The molecule has 1 aliphatic rings. The number of amides is 1. The number of rotatable bonds is 35. The van der Waals surface area contributed by atoms with Crippen LogP contribution in [0.15, 0.2) is 0 Å². The maximum Gasteiger partial charge on any atom is 0.220 e. The Morgan fingerprint density at radius 1 is 0.608 bits per heavy atom. The lowest BCUT2D eigenvalue weighted by atomic mass is 9.98. The first-order valence-corrected chi connectivity index (χ1v) is 21.3. The third kappa shape index (κ3) is 23.5. The lowest BCUT2D eigenvalue weighted by Gasteiger charge is -2.40. The summed E-state index contributed by atoms with van der Waals surface area (Å²) in [6.45, 7) is 3.59. The van der Waals surface area contributed by atoms with Gasteiger partial charge in [0, 0.05) is 6.42 Å². The highest BCUT2D eigenvalue weighted by Gasteiger charge is 2.44. The molecule has 0 aromatic heterocycles. The normalized spacial score (nSPS) is 22.5. The topological polar surface area (TPSA) is 169 Å². The molecule has 51 heavy (non-hydrogen) atoms. The minimum absolute atomic E-state index is 0.257. The van der Waals surface area contributed by atoms with Crippen molar-refractivity contribution in [1.29, 1.82) is 0 Å². The third-order valence-corrected chi connectivity index (χ3v) is 10.6. The Hall–Kier alpha value is -0.850. The minimum atomic E-state index is -1.60. The van der Waals surface area contributed by atoms with Crippen molar-refractivity contribution in [1.82, 2.24) is 5.32 Å². The van der Waals surface area contributed by atoms with Gasteiger partial charge in [0.15, 0.2) is 6.29 Å². The number of hydrogen-bond acceptors (Lipinski definition) is 9. The average molecular weight is 732 g/mol. The quantitative estimate of drug-likeness (QED) is 0.0341. The van der Waals surface area contributed by atoms with E-state index in [2.05, 4.69) is 19.2 Å². The molecular weight excluding hydrogens is 650 g/mol. The van der Waals surface area contributed by atoms with E-state index in [1.54, 1.807) is 0 Å².